The molecule has 0 unspecified atom stereocenters. The summed E-state index contributed by atoms with van der Waals surface area (Å²) in [6, 6.07) is 8.08. The summed E-state index contributed by atoms with van der Waals surface area (Å²) >= 11 is 0. The fourth-order valence-electron chi connectivity index (χ4n) is 4.71. The van der Waals surface area contributed by atoms with Gasteiger partial charge in [0.25, 0.3) is 0 Å². The molecule has 1 saturated heterocycles. The Morgan fingerprint density at radius 1 is 1.07 bits per heavy atom. The Balaban J connectivity index is 1.56. The van der Waals surface area contributed by atoms with E-state index in [2.05, 4.69) is 22.0 Å². The lowest BCUT2D eigenvalue weighted by atomic mass is 9.88. The van der Waals surface area contributed by atoms with Crippen molar-refractivity contribution in [2.75, 3.05) is 39.2 Å². The summed E-state index contributed by atoms with van der Waals surface area (Å²) in [6.07, 6.45) is 8.38. The van der Waals surface area contributed by atoms with Gasteiger partial charge in [0.1, 0.15) is 5.75 Å². The number of hydrogen-bond donors (Lipinski definition) is 0. The van der Waals surface area contributed by atoms with Crippen molar-refractivity contribution in [2.45, 2.75) is 44.4 Å². The second-order valence-electron chi connectivity index (χ2n) is 8.67. The number of amides is 1. The molecule has 1 aliphatic carbocycles. The van der Waals surface area contributed by atoms with E-state index in [1.807, 2.05) is 37.3 Å². The molecule has 1 saturated carbocycles. The number of carbonyl (C=O) groups is 1. The predicted octanol–water partition coefficient (Wildman–Crippen LogP) is 4.11. The Morgan fingerprint density at radius 2 is 1.73 bits per heavy atom. The van der Waals surface area contributed by atoms with Crippen molar-refractivity contribution in [2.24, 2.45) is 5.92 Å². The Bertz CT molecular complexity index is 867. The number of benzene rings is 1. The monoisotopic (exact) mass is 408 g/mol. The van der Waals surface area contributed by atoms with Crippen LogP contribution in [0.3, 0.4) is 0 Å². The van der Waals surface area contributed by atoms with Crippen LogP contribution in [0, 0.1) is 5.92 Å². The van der Waals surface area contributed by atoms with Crippen LogP contribution in [0.15, 0.2) is 30.5 Å². The third kappa shape index (κ3) is 4.27. The van der Waals surface area contributed by atoms with Crippen LogP contribution in [0.4, 0.5) is 5.95 Å². The number of anilines is 1. The summed E-state index contributed by atoms with van der Waals surface area (Å²) in [7, 11) is 5.61. The first-order valence-electron chi connectivity index (χ1n) is 11.0. The Morgan fingerprint density at radius 3 is 2.33 bits per heavy atom. The molecule has 2 aromatic rings. The molecule has 0 radical (unpaired) electrons. The van der Waals surface area contributed by atoms with Gasteiger partial charge in [-0.15, -0.1) is 0 Å². The van der Waals surface area contributed by atoms with Crippen molar-refractivity contribution >= 4 is 11.9 Å². The Kier molecular flexibility index (Phi) is 6.21. The molecule has 0 spiro atoms. The quantitative estimate of drug-likeness (QED) is 0.745. The van der Waals surface area contributed by atoms with E-state index < -0.39 is 0 Å². The van der Waals surface area contributed by atoms with E-state index >= 15 is 0 Å². The maximum atomic E-state index is 12.8. The molecule has 1 aromatic carbocycles. The van der Waals surface area contributed by atoms with Crippen molar-refractivity contribution in [1.29, 1.82) is 0 Å². The number of likely N-dealkylation sites (tertiary alicyclic amines) is 1. The van der Waals surface area contributed by atoms with Gasteiger partial charge in [-0.3, -0.25) is 4.79 Å². The molecule has 1 aliphatic heterocycles. The van der Waals surface area contributed by atoms with E-state index in [9.17, 15) is 4.79 Å². The van der Waals surface area contributed by atoms with Crippen molar-refractivity contribution in [3.63, 3.8) is 0 Å². The average Bonchev–Trinajstić information content (AvgIpc) is 3.33. The number of piperidine rings is 1. The minimum absolute atomic E-state index is 0.260. The molecule has 1 aromatic heterocycles. The van der Waals surface area contributed by atoms with Crippen molar-refractivity contribution in [1.82, 2.24) is 14.9 Å². The van der Waals surface area contributed by atoms with E-state index in [1.54, 1.807) is 7.11 Å². The van der Waals surface area contributed by atoms with E-state index in [0.29, 0.717) is 11.8 Å². The maximum Gasteiger partial charge on any atom is 0.225 e. The summed E-state index contributed by atoms with van der Waals surface area (Å²) in [5, 5.41) is 0. The highest BCUT2D eigenvalue weighted by Gasteiger charge is 2.31. The number of nitrogens with zero attached hydrogens (tertiary/aromatic N) is 4. The summed E-state index contributed by atoms with van der Waals surface area (Å²) in [6.45, 7) is 1.65. The number of carbonyl (C=O) groups excluding carboxylic acids is 1. The lowest BCUT2D eigenvalue weighted by Crippen LogP contribution is -2.41. The van der Waals surface area contributed by atoms with Crippen LogP contribution < -0.4 is 9.64 Å². The highest BCUT2D eigenvalue weighted by molar-refractivity contribution is 5.79. The second kappa shape index (κ2) is 9.02. The standard InChI is InChI=1S/C24H32N4O2/c1-27(2)24-25-16-21(17-8-10-20(30-3)11-9-17)22(26-24)18-12-14-28(15-13-18)23(29)19-6-4-5-7-19/h8-11,16,18-19H,4-7,12-15H2,1-3H3. The van der Waals surface area contributed by atoms with Gasteiger partial charge in [0.05, 0.1) is 12.8 Å². The molecule has 0 atom stereocenters. The molecule has 2 fully saturated rings. The SMILES string of the molecule is COc1ccc(-c2cnc(N(C)C)nc2C2CCN(C(=O)C3CCCC3)CC2)cc1. The summed E-state index contributed by atoms with van der Waals surface area (Å²) in [4.78, 5) is 26.4. The fourth-order valence-corrected chi connectivity index (χ4v) is 4.71. The molecule has 0 bridgehead atoms. The van der Waals surface area contributed by atoms with Gasteiger partial charge >= 0.3 is 0 Å². The highest BCUT2D eigenvalue weighted by Crippen LogP contribution is 2.36. The molecule has 2 heterocycles. The zero-order chi connectivity index (χ0) is 21.1. The lowest BCUT2D eigenvalue weighted by Gasteiger charge is -2.34. The van der Waals surface area contributed by atoms with E-state index in [0.717, 1.165) is 67.3 Å². The molecule has 6 nitrogen and oxygen atoms in total. The van der Waals surface area contributed by atoms with Crippen LogP contribution in [0.2, 0.25) is 0 Å². The van der Waals surface area contributed by atoms with Crippen molar-refractivity contribution in [3.8, 4) is 16.9 Å². The molecule has 0 N–H and O–H groups in total. The van der Waals surface area contributed by atoms with Crippen LogP contribution in [0.25, 0.3) is 11.1 Å². The first-order valence-corrected chi connectivity index (χ1v) is 11.0. The normalized spacial score (nSPS) is 17.9. The van der Waals surface area contributed by atoms with Gasteiger partial charge in [-0.2, -0.15) is 0 Å². The molecule has 4 rings (SSSR count). The number of rotatable bonds is 5. The Hall–Kier alpha value is -2.63. The maximum absolute atomic E-state index is 12.8. The minimum atomic E-state index is 0.260. The lowest BCUT2D eigenvalue weighted by molar-refractivity contribution is -0.136. The first kappa shape index (κ1) is 20.6. The molecular formula is C24H32N4O2. The van der Waals surface area contributed by atoms with E-state index in [-0.39, 0.29) is 5.92 Å². The first-order chi connectivity index (χ1) is 14.6. The third-order valence-corrected chi connectivity index (χ3v) is 6.50. The molecule has 2 aliphatic rings. The van der Waals surface area contributed by atoms with Crippen molar-refractivity contribution < 1.29 is 9.53 Å². The van der Waals surface area contributed by atoms with Crippen LogP contribution in [-0.4, -0.2) is 55.1 Å². The molecule has 6 heteroatoms. The summed E-state index contributed by atoms with van der Waals surface area (Å²) in [5.74, 6) is 2.53. The largest absolute Gasteiger partial charge is 0.497 e. The van der Waals surface area contributed by atoms with Gasteiger partial charge in [0, 0.05) is 50.8 Å². The molecule has 160 valence electrons. The van der Waals surface area contributed by atoms with Gasteiger partial charge in [0.15, 0.2) is 0 Å². The third-order valence-electron chi connectivity index (χ3n) is 6.50. The van der Waals surface area contributed by atoms with Gasteiger partial charge in [-0.05, 0) is 43.4 Å². The number of aromatic nitrogens is 2. The summed E-state index contributed by atoms with van der Waals surface area (Å²) < 4.78 is 5.30. The molecule has 1 amide bonds. The second-order valence-corrected chi connectivity index (χ2v) is 8.67. The van der Waals surface area contributed by atoms with Crippen LogP contribution >= 0.6 is 0 Å². The van der Waals surface area contributed by atoms with Gasteiger partial charge in [-0.1, -0.05) is 25.0 Å². The van der Waals surface area contributed by atoms with Gasteiger partial charge in [0.2, 0.25) is 11.9 Å². The molecular weight excluding hydrogens is 376 g/mol. The fraction of sp³-hybridized carbons (Fsp3) is 0.542. The van der Waals surface area contributed by atoms with Crippen LogP contribution in [-0.2, 0) is 4.79 Å². The predicted molar refractivity (Wildman–Crippen MR) is 119 cm³/mol. The average molecular weight is 409 g/mol. The number of hydrogen-bond acceptors (Lipinski definition) is 5. The zero-order valence-corrected chi connectivity index (χ0v) is 18.3. The minimum Gasteiger partial charge on any atom is -0.497 e. The Labute approximate surface area is 179 Å². The van der Waals surface area contributed by atoms with E-state index in [4.69, 9.17) is 9.72 Å². The zero-order valence-electron chi connectivity index (χ0n) is 18.3. The van der Waals surface area contributed by atoms with Crippen LogP contribution in [0.1, 0.15) is 50.1 Å². The molecule has 30 heavy (non-hydrogen) atoms. The number of methoxy groups -OCH3 is 1. The van der Waals surface area contributed by atoms with Gasteiger partial charge in [-0.25, -0.2) is 9.97 Å². The van der Waals surface area contributed by atoms with E-state index in [1.165, 1.54) is 12.8 Å². The van der Waals surface area contributed by atoms with Crippen LogP contribution in [0.5, 0.6) is 5.75 Å². The smallest absolute Gasteiger partial charge is 0.225 e. The topological polar surface area (TPSA) is 58.6 Å². The number of ether oxygens (including phenoxy) is 1. The highest BCUT2D eigenvalue weighted by atomic mass is 16.5. The summed E-state index contributed by atoms with van der Waals surface area (Å²) in [5.41, 5.74) is 3.26. The van der Waals surface area contributed by atoms with Crippen molar-refractivity contribution in [3.05, 3.63) is 36.2 Å². The van der Waals surface area contributed by atoms with Gasteiger partial charge < -0.3 is 14.5 Å².